The second-order valence-electron chi connectivity index (χ2n) is 7.79. The first-order valence-electron chi connectivity index (χ1n) is 10.9. The van der Waals surface area contributed by atoms with Crippen molar-refractivity contribution in [1.82, 2.24) is 0 Å². The average Bonchev–Trinajstić information content (AvgIpc) is 2.80. The zero-order valence-electron chi connectivity index (χ0n) is 18.0. The molecule has 154 valence electrons. The Morgan fingerprint density at radius 1 is 0.700 bits per heavy atom. The quantitative estimate of drug-likeness (QED) is 0.220. The van der Waals surface area contributed by atoms with Gasteiger partial charge in [-0.25, -0.2) is 0 Å². The Hall–Kier alpha value is -2.68. The average molecular weight is 399 g/mol. The fraction of sp³-hybridized carbons (Fsp3) is 0.286. The van der Waals surface area contributed by atoms with Crippen LogP contribution in [0.15, 0.2) is 72.8 Å². The molecule has 2 nitrogen and oxygen atoms in total. The van der Waals surface area contributed by atoms with E-state index in [1.807, 2.05) is 0 Å². The van der Waals surface area contributed by atoms with Gasteiger partial charge in [0.05, 0.1) is 13.2 Å². The largest absolute Gasteiger partial charge is 0.384 e. The number of benzene rings is 4. The normalized spacial score (nSPS) is 11.4. The van der Waals surface area contributed by atoms with Crippen LogP contribution in [0.1, 0.15) is 30.9 Å². The first-order chi connectivity index (χ1) is 14.8. The number of fused-ring (bicyclic) bond motifs is 2. The number of rotatable bonds is 9. The molecule has 0 aromatic heterocycles. The molecular formula is C28H30O2. The summed E-state index contributed by atoms with van der Waals surface area (Å²) in [7, 11) is 1.77. The Morgan fingerprint density at radius 3 is 1.87 bits per heavy atom. The maximum absolute atomic E-state index is 5.79. The van der Waals surface area contributed by atoms with Crippen molar-refractivity contribution >= 4 is 21.5 Å². The number of hydrogen-bond acceptors (Lipinski definition) is 2. The van der Waals surface area contributed by atoms with Crippen LogP contribution in [0.5, 0.6) is 0 Å². The predicted molar refractivity (Wildman–Crippen MR) is 127 cm³/mol. The molecule has 0 unspecified atom stereocenters. The van der Waals surface area contributed by atoms with Crippen LogP contribution < -0.4 is 0 Å². The van der Waals surface area contributed by atoms with Crippen LogP contribution in [0, 0.1) is 0 Å². The molecule has 0 fully saturated rings. The topological polar surface area (TPSA) is 18.5 Å². The lowest BCUT2D eigenvalue weighted by atomic mass is 9.87. The molecule has 0 N–H and O–H groups in total. The van der Waals surface area contributed by atoms with Crippen LogP contribution in [0.4, 0.5) is 0 Å². The second-order valence-corrected chi connectivity index (χ2v) is 7.79. The Kier molecular flexibility index (Phi) is 6.78. The molecule has 0 heterocycles. The van der Waals surface area contributed by atoms with Crippen LogP contribution in [-0.4, -0.2) is 20.3 Å². The summed E-state index contributed by atoms with van der Waals surface area (Å²) in [5.74, 6) is 0. The standard InChI is InChI=1S/C28H30O2/c1-3-4-18-30-20-21-13-15-22(16-14-21)28-26-11-7-5-9-23(26)25(17-19-29-2)24-10-6-8-12-27(24)28/h5-16H,3-4,17-20H2,1-2H3. The van der Waals surface area contributed by atoms with Crippen LogP contribution in [-0.2, 0) is 22.5 Å². The summed E-state index contributed by atoms with van der Waals surface area (Å²) < 4.78 is 11.2. The molecule has 0 aliphatic carbocycles. The fourth-order valence-corrected chi connectivity index (χ4v) is 4.21. The summed E-state index contributed by atoms with van der Waals surface area (Å²) in [5.41, 5.74) is 5.15. The SMILES string of the molecule is CCCCOCc1ccc(-c2c3ccccc3c(CCOC)c3ccccc23)cc1. The lowest BCUT2D eigenvalue weighted by Gasteiger charge is -2.17. The number of unbranched alkanes of at least 4 members (excludes halogenated alkanes) is 1. The molecule has 2 heteroatoms. The van der Waals surface area contributed by atoms with E-state index in [0.29, 0.717) is 6.61 Å². The van der Waals surface area contributed by atoms with E-state index in [0.717, 1.165) is 26.1 Å². The van der Waals surface area contributed by atoms with Gasteiger partial charge in [0.1, 0.15) is 0 Å². The third kappa shape index (κ3) is 4.26. The van der Waals surface area contributed by atoms with Crippen molar-refractivity contribution < 1.29 is 9.47 Å². The van der Waals surface area contributed by atoms with Crippen LogP contribution in [0.2, 0.25) is 0 Å². The van der Waals surface area contributed by atoms with Gasteiger partial charge in [-0.1, -0.05) is 86.1 Å². The van der Waals surface area contributed by atoms with Gasteiger partial charge in [0.2, 0.25) is 0 Å². The van der Waals surface area contributed by atoms with Gasteiger partial charge in [0.25, 0.3) is 0 Å². The van der Waals surface area contributed by atoms with Crippen molar-refractivity contribution in [2.45, 2.75) is 32.8 Å². The van der Waals surface area contributed by atoms with Gasteiger partial charge in [-0.3, -0.25) is 0 Å². The summed E-state index contributed by atoms with van der Waals surface area (Å²) in [6, 6.07) is 26.4. The predicted octanol–water partition coefficient (Wildman–Crippen LogP) is 7.17. The van der Waals surface area contributed by atoms with Crippen molar-refractivity contribution in [3.05, 3.63) is 83.9 Å². The van der Waals surface area contributed by atoms with Gasteiger partial charge in [0, 0.05) is 13.7 Å². The number of ether oxygens (including phenoxy) is 2. The molecule has 4 aromatic carbocycles. The fourth-order valence-electron chi connectivity index (χ4n) is 4.21. The number of hydrogen-bond donors (Lipinski definition) is 0. The van der Waals surface area contributed by atoms with Crippen LogP contribution in [0.3, 0.4) is 0 Å². The second kappa shape index (κ2) is 9.88. The molecule has 30 heavy (non-hydrogen) atoms. The van der Waals surface area contributed by atoms with Gasteiger partial charge in [-0.05, 0) is 56.6 Å². The van der Waals surface area contributed by atoms with Crippen LogP contribution >= 0.6 is 0 Å². The highest BCUT2D eigenvalue weighted by Gasteiger charge is 2.14. The highest BCUT2D eigenvalue weighted by Crippen LogP contribution is 2.39. The molecule has 0 saturated heterocycles. The molecule has 0 spiro atoms. The monoisotopic (exact) mass is 398 g/mol. The van der Waals surface area contributed by atoms with Gasteiger partial charge in [0.15, 0.2) is 0 Å². The van der Waals surface area contributed by atoms with Crippen molar-refractivity contribution in [1.29, 1.82) is 0 Å². The third-order valence-electron chi connectivity index (χ3n) is 5.75. The minimum atomic E-state index is 0.678. The summed E-state index contributed by atoms with van der Waals surface area (Å²) in [6.07, 6.45) is 3.19. The van der Waals surface area contributed by atoms with Gasteiger partial charge < -0.3 is 9.47 Å². The zero-order valence-corrected chi connectivity index (χ0v) is 18.0. The van der Waals surface area contributed by atoms with E-state index in [-0.39, 0.29) is 0 Å². The highest BCUT2D eigenvalue weighted by atomic mass is 16.5. The van der Waals surface area contributed by atoms with E-state index in [9.17, 15) is 0 Å². The molecule has 0 atom stereocenters. The Labute approximate surface area is 179 Å². The van der Waals surface area contributed by atoms with E-state index < -0.39 is 0 Å². The van der Waals surface area contributed by atoms with E-state index >= 15 is 0 Å². The smallest absolute Gasteiger partial charge is 0.0716 e. The first-order valence-corrected chi connectivity index (χ1v) is 10.9. The molecule has 4 rings (SSSR count). The van der Waals surface area contributed by atoms with Crippen molar-refractivity contribution in [3.63, 3.8) is 0 Å². The molecule has 0 aliphatic heterocycles. The molecule has 0 bridgehead atoms. The molecule has 0 aliphatic rings. The first kappa shape index (κ1) is 20.6. The highest BCUT2D eigenvalue weighted by molar-refractivity contribution is 6.15. The zero-order chi connectivity index (χ0) is 20.8. The van der Waals surface area contributed by atoms with Gasteiger partial charge in [-0.15, -0.1) is 0 Å². The Bertz CT molecular complexity index is 1060. The maximum Gasteiger partial charge on any atom is 0.0716 e. The van der Waals surface area contributed by atoms with Crippen LogP contribution in [0.25, 0.3) is 32.7 Å². The van der Waals surface area contributed by atoms with Gasteiger partial charge in [-0.2, -0.15) is 0 Å². The number of methoxy groups -OCH3 is 1. The molecule has 4 aromatic rings. The van der Waals surface area contributed by atoms with Gasteiger partial charge >= 0.3 is 0 Å². The molecule has 0 saturated carbocycles. The summed E-state index contributed by atoms with van der Waals surface area (Å²) in [6.45, 7) is 4.42. The minimum Gasteiger partial charge on any atom is -0.384 e. The Morgan fingerprint density at radius 2 is 1.30 bits per heavy atom. The summed E-state index contributed by atoms with van der Waals surface area (Å²) in [5, 5.41) is 5.23. The Balaban J connectivity index is 1.80. The molecular weight excluding hydrogens is 368 g/mol. The maximum atomic E-state index is 5.79. The minimum absolute atomic E-state index is 0.678. The van der Waals surface area contributed by atoms with E-state index in [4.69, 9.17) is 9.47 Å². The molecule has 0 radical (unpaired) electrons. The van der Waals surface area contributed by atoms with E-state index in [1.165, 1.54) is 50.2 Å². The van der Waals surface area contributed by atoms with E-state index in [1.54, 1.807) is 7.11 Å². The van der Waals surface area contributed by atoms with Crippen molar-refractivity contribution in [3.8, 4) is 11.1 Å². The third-order valence-corrected chi connectivity index (χ3v) is 5.75. The lowest BCUT2D eigenvalue weighted by molar-refractivity contribution is 0.118. The van der Waals surface area contributed by atoms with E-state index in [2.05, 4.69) is 79.7 Å². The summed E-state index contributed by atoms with van der Waals surface area (Å²) in [4.78, 5) is 0. The summed E-state index contributed by atoms with van der Waals surface area (Å²) >= 11 is 0. The van der Waals surface area contributed by atoms with Crippen molar-refractivity contribution in [2.24, 2.45) is 0 Å². The molecule has 0 amide bonds. The van der Waals surface area contributed by atoms with Crippen molar-refractivity contribution in [2.75, 3.05) is 20.3 Å². The lowest BCUT2D eigenvalue weighted by Crippen LogP contribution is -1.99.